The molecule has 1 aliphatic heterocycles. The zero-order chi connectivity index (χ0) is 10.7. The van der Waals surface area contributed by atoms with Crippen molar-refractivity contribution in [3.05, 3.63) is 23.8 Å². The predicted octanol–water partition coefficient (Wildman–Crippen LogP) is 1.91. The highest BCUT2D eigenvalue weighted by atomic mass is 16.5. The zero-order valence-corrected chi connectivity index (χ0v) is 9.03. The lowest BCUT2D eigenvalue weighted by atomic mass is 9.93. The molecule has 1 aromatic carbocycles. The summed E-state index contributed by atoms with van der Waals surface area (Å²) >= 11 is 0. The van der Waals surface area contributed by atoms with E-state index in [-0.39, 0.29) is 0 Å². The van der Waals surface area contributed by atoms with Gasteiger partial charge in [0.15, 0.2) is 11.5 Å². The van der Waals surface area contributed by atoms with Crippen molar-refractivity contribution < 1.29 is 9.47 Å². The quantitative estimate of drug-likeness (QED) is 0.823. The van der Waals surface area contributed by atoms with Crippen LogP contribution in [0.3, 0.4) is 0 Å². The van der Waals surface area contributed by atoms with Gasteiger partial charge >= 0.3 is 0 Å². The first-order valence-corrected chi connectivity index (χ1v) is 5.45. The summed E-state index contributed by atoms with van der Waals surface area (Å²) in [6, 6.07) is 6.02. The Hall–Kier alpha value is -1.22. The van der Waals surface area contributed by atoms with Crippen molar-refractivity contribution in [1.29, 1.82) is 0 Å². The highest BCUT2D eigenvalue weighted by Gasteiger charge is 2.22. The second kappa shape index (κ2) is 4.53. The number of para-hydroxylation sites is 1. The molecule has 2 N–H and O–H groups in total. The van der Waals surface area contributed by atoms with Crippen molar-refractivity contribution in [1.82, 2.24) is 0 Å². The van der Waals surface area contributed by atoms with Crippen molar-refractivity contribution >= 4 is 0 Å². The van der Waals surface area contributed by atoms with Crippen LogP contribution in [0.15, 0.2) is 18.2 Å². The summed E-state index contributed by atoms with van der Waals surface area (Å²) in [6.07, 6.45) is 0.999. The normalized spacial score (nSPS) is 19.2. The molecule has 0 aromatic heterocycles. The fraction of sp³-hybridized carbons (Fsp3) is 0.500. The Morgan fingerprint density at radius 1 is 1.53 bits per heavy atom. The van der Waals surface area contributed by atoms with Crippen LogP contribution in [-0.2, 0) is 0 Å². The fourth-order valence-corrected chi connectivity index (χ4v) is 1.98. The van der Waals surface area contributed by atoms with Crippen molar-refractivity contribution in [2.45, 2.75) is 19.3 Å². The van der Waals surface area contributed by atoms with E-state index in [1.54, 1.807) is 0 Å². The Labute approximate surface area is 90.2 Å². The lowest BCUT2D eigenvalue weighted by molar-refractivity contribution is 0.243. The van der Waals surface area contributed by atoms with Crippen LogP contribution < -0.4 is 15.2 Å². The SMILES string of the molecule is CCOc1cccc2c1OCCC2CN. The van der Waals surface area contributed by atoms with E-state index in [4.69, 9.17) is 15.2 Å². The molecule has 0 saturated heterocycles. The van der Waals surface area contributed by atoms with Gasteiger partial charge in [-0.25, -0.2) is 0 Å². The lowest BCUT2D eigenvalue weighted by Gasteiger charge is -2.26. The van der Waals surface area contributed by atoms with Gasteiger partial charge in [-0.15, -0.1) is 0 Å². The van der Waals surface area contributed by atoms with Crippen LogP contribution in [0.25, 0.3) is 0 Å². The molecule has 1 heterocycles. The van der Waals surface area contributed by atoms with Crippen LogP contribution in [0.2, 0.25) is 0 Å². The second-order valence-corrected chi connectivity index (χ2v) is 3.68. The summed E-state index contributed by atoms with van der Waals surface area (Å²) in [5.74, 6) is 2.14. The number of nitrogens with two attached hydrogens (primary N) is 1. The minimum Gasteiger partial charge on any atom is -0.490 e. The van der Waals surface area contributed by atoms with Crippen LogP contribution in [0.4, 0.5) is 0 Å². The predicted molar refractivity (Wildman–Crippen MR) is 59.5 cm³/mol. The zero-order valence-electron chi connectivity index (χ0n) is 9.03. The van der Waals surface area contributed by atoms with E-state index in [1.807, 2.05) is 19.1 Å². The largest absolute Gasteiger partial charge is 0.490 e. The second-order valence-electron chi connectivity index (χ2n) is 3.68. The number of hydrogen-bond donors (Lipinski definition) is 1. The Bertz CT molecular complexity index is 338. The first kappa shape index (κ1) is 10.3. The van der Waals surface area contributed by atoms with Crippen LogP contribution in [0.1, 0.15) is 24.8 Å². The van der Waals surface area contributed by atoms with E-state index in [2.05, 4.69) is 6.07 Å². The third kappa shape index (κ3) is 1.92. The van der Waals surface area contributed by atoms with Crippen molar-refractivity contribution in [2.75, 3.05) is 19.8 Å². The van der Waals surface area contributed by atoms with Gasteiger partial charge in [-0.3, -0.25) is 0 Å². The highest BCUT2D eigenvalue weighted by molar-refractivity contribution is 5.49. The van der Waals surface area contributed by atoms with Crippen LogP contribution >= 0.6 is 0 Å². The molecule has 82 valence electrons. The molecule has 3 nitrogen and oxygen atoms in total. The molecule has 0 amide bonds. The van der Waals surface area contributed by atoms with Gasteiger partial charge in [0.05, 0.1) is 13.2 Å². The number of hydrogen-bond acceptors (Lipinski definition) is 3. The first-order chi connectivity index (χ1) is 7.36. The molecule has 1 unspecified atom stereocenters. The minimum atomic E-state index is 0.411. The fourth-order valence-electron chi connectivity index (χ4n) is 1.98. The van der Waals surface area contributed by atoms with Gasteiger partial charge in [0, 0.05) is 11.5 Å². The van der Waals surface area contributed by atoms with Gasteiger partial charge in [-0.05, 0) is 26.0 Å². The summed E-state index contributed by atoms with van der Waals surface area (Å²) < 4.78 is 11.2. The molecule has 3 heteroatoms. The van der Waals surface area contributed by atoms with Crippen molar-refractivity contribution in [2.24, 2.45) is 5.73 Å². The molecular formula is C12H17NO2. The monoisotopic (exact) mass is 207 g/mol. The Kier molecular flexibility index (Phi) is 3.11. The molecule has 0 fully saturated rings. The van der Waals surface area contributed by atoms with Gasteiger partial charge in [-0.1, -0.05) is 12.1 Å². The number of rotatable bonds is 3. The van der Waals surface area contributed by atoms with Gasteiger partial charge in [0.2, 0.25) is 0 Å². The Morgan fingerprint density at radius 3 is 3.13 bits per heavy atom. The molecule has 1 aromatic rings. The van der Waals surface area contributed by atoms with Gasteiger partial charge in [-0.2, -0.15) is 0 Å². The number of fused-ring (bicyclic) bond motifs is 1. The molecular weight excluding hydrogens is 190 g/mol. The van der Waals surface area contributed by atoms with Crippen molar-refractivity contribution in [3.63, 3.8) is 0 Å². The maximum absolute atomic E-state index is 5.75. The average molecular weight is 207 g/mol. The summed E-state index contributed by atoms with van der Waals surface area (Å²) in [6.45, 7) is 4.04. The molecule has 2 rings (SSSR count). The summed E-state index contributed by atoms with van der Waals surface area (Å²) in [5.41, 5.74) is 6.94. The van der Waals surface area contributed by atoms with E-state index < -0.39 is 0 Å². The maximum atomic E-state index is 5.75. The molecule has 15 heavy (non-hydrogen) atoms. The van der Waals surface area contributed by atoms with Crippen LogP contribution in [0.5, 0.6) is 11.5 Å². The van der Waals surface area contributed by atoms with E-state index in [0.717, 1.165) is 24.5 Å². The summed E-state index contributed by atoms with van der Waals surface area (Å²) in [4.78, 5) is 0. The molecule has 0 spiro atoms. The lowest BCUT2D eigenvalue weighted by Crippen LogP contribution is -2.21. The van der Waals surface area contributed by atoms with E-state index in [0.29, 0.717) is 19.1 Å². The minimum absolute atomic E-state index is 0.411. The molecule has 1 atom stereocenters. The third-order valence-electron chi connectivity index (χ3n) is 2.75. The highest BCUT2D eigenvalue weighted by Crippen LogP contribution is 2.39. The Balaban J connectivity index is 2.37. The maximum Gasteiger partial charge on any atom is 0.164 e. The first-order valence-electron chi connectivity index (χ1n) is 5.45. The van der Waals surface area contributed by atoms with Gasteiger partial charge in [0.1, 0.15) is 0 Å². The Morgan fingerprint density at radius 2 is 2.40 bits per heavy atom. The molecule has 0 saturated carbocycles. The van der Waals surface area contributed by atoms with Crippen molar-refractivity contribution in [3.8, 4) is 11.5 Å². The topological polar surface area (TPSA) is 44.5 Å². The van der Waals surface area contributed by atoms with Gasteiger partial charge < -0.3 is 15.2 Å². The average Bonchev–Trinajstić information content (AvgIpc) is 2.29. The van der Waals surface area contributed by atoms with Crippen LogP contribution in [-0.4, -0.2) is 19.8 Å². The van der Waals surface area contributed by atoms with E-state index >= 15 is 0 Å². The smallest absolute Gasteiger partial charge is 0.164 e. The summed E-state index contributed by atoms with van der Waals surface area (Å²) in [7, 11) is 0. The number of benzene rings is 1. The molecule has 0 bridgehead atoms. The third-order valence-corrected chi connectivity index (χ3v) is 2.75. The molecule has 0 radical (unpaired) electrons. The molecule has 0 aliphatic carbocycles. The van der Waals surface area contributed by atoms with Crippen LogP contribution in [0, 0.1) is 0 Å². The standard InChI is InChI=1S/C12H17NO2/c1-2-14-11-5-3-4-10-9(8-13)6-7-15-12(10)11/h3-5,9H,2,6-8,13H2,1H3. The van der Waals surface area contributed by atoms with Gasteiger partial charge in [0.25, 0.3) is 0 Å². The van der Waals surface area contributed by atoms with E-state index in [9.17, 15) is 0 Å². The van der Waals surface area contributed by atoms with E-state index in [1.165, 1.54) is 5.56 Å². The molecule has 1 aliphatic rings. The summed E-state index contributed by atoms with van der Waals surface area (Å²) in [5, 5.41) is 0. The number of ether oxygens (including phenoxy) is 2.